The Morgan fingerprint density at radius 3 is 2.33 bits per heavy atom. The summed E-state index contributed by atoms with van der Waals surface area (Å²) >= 11 is 0. The Hall–Kier alpha value is -2.11. The van der Waals surface area contributed by atoms with Gasteiger partial charge in [-0.15, -0.1) is 0 Å². The molecule has 0 spiro atoms. The Labute approximate surface area is 126 Å². The van der Waals surface area contributed by atoms with Crippen LogP contribution in [-0.2, 0) is 13.6 Å². The third-order valence-electron chi connectivity index (χ3n) is 3.58. The van der Waals surface area contributed by atoms with Gasteiger partial charge in [-0.05, 0) is 27.2 Å². The van der Waals surface area contributed by atoms with E-state index in [1.807, 2.05) is 31.8 Å². The highest BCUT2D eigenvalue weighted by atomic mass is 15.3. The quantitative estimate of drug-likeness (QED) is 0.855. The average molecular weight is 288 g/mol. The van der Waals surface area contributed by atoms with Crippen molar-refractivity contribution in [2.45, 2.75) is 40.7 Å². The minimum atomic E-state index is 0.712. The Kier molecular flexibility index (Phi) is 4.77. The molecule has 0 fully saturated rings. The minimum absolute atomic E-state index is 0.712. The molecule has 0 amide bonds. The topological polar surface area (TPSA) is 67.7 Å². The molecule has 2 N–H and O–H groups in total. The Morgan fingerprint density at radius 1 is 1.10 bits per heavy atom. The number of hydrogen-bond acceptors (Lipinski definition) is 5. The fourth-order valence-corrected chi connectivity index (χ4v) is 2.11. The summed E-state index contributed by atoms with van der Waals surface area (Å²) in [6.45, 7) is 9.78. The van der Waals surface area contributed by atoms with Gasteiger partial charge in [0.2, 0.25) is 0 Å². The third-order valence-corrected chi connectivity index (χ3v) is 3.58. The number of aryl methyl sites for hydroxylation is 2. The van der Waals surface area contributed by atoms with Crippen molar-refractivity contribution in [2.24, 2.45) is 7.05 Å². The van der Waals surface area contributed by atoms with E-state index in [0.717, 1.165) is 41.7 Å². The molecule has 21 heavy (non-hydrogen) atoms. The Morgan fingerprint density at radius 2 is 1.76 bits per heavy atom. The molecule has 0 saturated carbocycles. The monoisotopic (exact) mass is 288 g/mol. The van der Waals surface area contributed by atoms with Gasteiger partial charge in [-0.25, -0.2) is 9.97 Å². The molecular formula is C15H24N6. The van der Waals surface area contributed by atoms with E-state index in [2.05, 4.69) is 39.5 Å². The fraction of sp³-hybridized carbons (Fsp3) is 0.533. The van der Waals surface area contributed by atoms with Crippen LogP contribution in [0.2, 0.25) is 0 Å². The van der Waals surface area contributed by atoms with Crippen molar-refractivity contribution < 1.29 is 0 Å². The molecule has 2 heterocycles. The molecule has 2 aromatic heterocycles. The van der Waals surface area contributed by atoms with Crippen molar-refractivity contribution in [3.8, 4) is 0 Å². The molecule has 0 saturated heterocycles. The van der Waals surface area contributed by atoms with Crippen LogP contribution in [0.25, 0.3) is 0 Å². The van der Waals surface area contributed by atoms with Crippen LogP contribution in [0, 0.1) is 20.8 Å². The molecule has 0 bridgehead atoms. The maximum atomic E-state index is 4.50. The molecule has 0 aliphatic rings. The molecule has 0 atom stereocenters. The zero-order valence-electron chi connectivity index (χ0n) is 13.5. The number of nitrogens with one attached hydrogen (secondary N) is 2. The van der Waals surface area contributed by atoms with Gasteiger partial charge in [0, 0.05) is 37.0 Å². The van der Waals surface area contributed by atoms with E-state index < -0.39 is 0 Å². The highest BCUT2D eigenvalue weighted by Gasteiger charge is 2.10. The van der Waals surface area contributed by atoms with Crippen LogP contribution >= 0.6 is 0 Å². The predicted octanol–water partition coefficient (Wildman–Crippen LogP) is 2.57. The van der Waals surface area contributed by atoms with Gasteiger partial charge in [0.05, 0.1) is 6.20 Å². The molecule has 6 heteroatoms. The molecule has 6 nitrogen and oxygen atoms in total. The minimum Gasteiger partial charge on any atom is -0.370 e. The first kappa shape index (κ1) is 15.3. The molecule has 0 aromatic carbocycles. The van der Waals surface area contributed by atoms with Crippen LogP contribution in [0.15, 0.2) is 6.20 Å². The second-order valence-electron chi connectivity index (χ2n) is 5.25. The van der Waals surface area contributed by atoms with E-state index in [0.29, 0.717) is 6.54 Å². The van der Waals surface area contributed by atoms with Crippen molar-refractivity contribution in [1.82, 2.24) is 19.7 Å². The molecule has 2 rings (SSSR count). The summed E-state index contributed by atoms with van der Waals surface area (Å²) in [5.41, 5.74) is 3.39. The summed E-state index contributed by atoms with van der Waals surface area (Å²) in [7, 11) is 1.95. The van der Waals surface area contributed by atoms with E-state index in [1.165, 1.54) is 5.56 Å². The number of anilines is 2. The van der Waals surface area contributed by atoms with Crippen LogP contribution in [0.5, 0.6) is 0 Å². The summed E-state index contributed by atoms with van der Waals surface area (Å²) in [4.78, 5) is 8.97. The molecular weight excluding hydrogens is 264 g/mol. The predicted molar refractivity (Wildman–Crippen MR) is 85.6 cm³/mol. The number of hydrogen-bond donors (Lipinski definition) is 2. The molecule has 0 aliphatic heterocycles. The molecule has 2 aromatic rings. The number of nitrogens with zero attached hydrogens (tertiary/aromatic N) is 4. The van der Waals surface area contributed by atoms with Gasteiger partial charge >= 0.3 is 0 Å². The van der Waals surface area contributed by atoms with Gasteiger partial charge in [0.15, 0.2) is 0 Å². The lowest BCUT2D eigenvalue weighted by molar-refractivity contribution is 0.738. The summed E-state index contributed by atoms with van der Waals surface area (Å²) in [5.74, 6) is 2.56. The van der Waals surface area contributed by atoms with Crippen molar-refractivity contribution in [1.29, 1.82) is 0 Å². The van der Waals surface area contributed by atoms with Gasteiger partial charge in [0.25, 0.3) is 0 Å². The Bertz CT molecular complexity index is 617. The first-order chi connectivity index (χ1) is 10.0. The zero-order chi connectivity index (χ0) is 15.4. The van der Waals surface area contributed by atoms with Gasteiger partial charge in [0.1, 0.15) is 17.5 Å². The highest BCUT2D eigenvalue weighted by Crippen LogP contribution is 2.20. The summed E-state index contributed by atoms with van der Waals surface area (Å²) < 4.78 is 1.88. The van der Waals surface area contributed by atoms with Crippen LogP contribution in [0.1, 0.15) is 36.0 Å². The van der Waals surface area contributed by atoms with Gasteiger partial charge < -0.3 is 10.6 Å². The second-order valence-corrected chi connectivity index (χ2v) is 5.25. The van der Waals surface area contributed by atoms with Crippen molar-refractivity contribution in [3.05, 3.63) is 28.8 Å². The maximum Gasteiger partial charge on any atom is 0.135 e. The van der Waals surface area contributed by atoms with Crippen molar-refractivity contribution >= 4 is 11.6 Å². The highest BCUT2D eigenvalue weighted by molar-refractivity contribution is 5.57. The van der Waals surface area contributed by atoms with Crippen molar-refractivity contribution in [3.63, 3.8) is 0 Å². The normalized spacial score (nSPS) is 10.7. The van der Waals surface area contributed by atoms with Crippen LogP contribution < -0.4 is 10.6 Å². The molecule has 0 radical (unpaired) electrons. The van der Waals surface area contributed by atoms with Crippen molar-refractivity contribution in [2.75, 3.05) is 17.2 Å². The van der Waals surface area contributed by atoms with Crippen LogP contribution in [0.3, 0.4) is 0 Å². The lowest BCUT2D eigenvalue weighted by Crippen LogP contribution is -2.11. The van der Waals surface area contributed by atoms with E-state index in [4.69, 9.17) is 0 Å². The molecule has 0 aliphatic carbocycles. The second kappa shape index (κ2) is 6.56. The largest absolute Gasteiger partial charge is 0.370 e. The van der Waals surface area contributed by atoms with Gasteiger partial charge in [-0.2, -0.15) is 5.10 Å². The number of rotatable bonds is 6. The summed E-state index contributed by atoms with van der Waals surface area (Å²) in [5, 5.41) is 11.0. The van der Waals surface area contributed by atoms with Gasteiger partial charge in [-0.3, -0.25) is 4.68 Å². The number of aromatic nitrogens is 4. The lowest BCUT2D eigenvalue weighted by Gasteiger charge is -2.14. The standard InChI is InChI=1S/C15H24N6/c1-6-7-16-14-10(2)15(20-12(4)19-14)17-8-13-9-18-21(5)11(13)3/h9H,6-8H2,1-5H3,(H2,16,17,19,20). The maximum absolute atomic E-state index is 4.50. The van der Waals surface area contributed by atoms with E-state index in [1.54, 1.807) is 0 Å². The third kappa shape index (κ3) is 3.51. The summed E-state index contributed by atoms with van der Waals surface area (Å²) in [6, 6.07) is 0. The van der Waals surface area contributed by atoms with E-state index in [-0.39, 0.29) is 0 Å². The van der Waals surface area contributed by atoms with Crippen LogP contribution in [0.4, 0.5) is 11.6 Å². The summed E-state index contributed by atoms with van der Waals surface area (Å²) in [6.07, 6.45) is 2.96. The average Bonchev–Trinajstić information content (AvgIpc) is 2.78. The van der Waals surface area contributed by atoms with E-state index in [9.17, 15) is 0 Å². The molecule has 0 unspecified atom stereocenters. The molecule has 114 valence electrons. The SMILES string of the molecule is CCCNc1nc(C)nc(NCc2cnn(C)c2C)c1C. The van der Waals surface area contributed by atoms with E-state index >= 15 is 0 Å². The zero-order valence-corrected chi connectivity index (χ0v) is 13.5. The Balaban J connectivity index is 2.15. The fourth-order valence-electron chi connectivity index (χ4n) is 2.11. The smallest absolute Gasteiger partial charge is 0.135 e. The first-order valence-electron chi connectivity index (χ1n) is 7.33. The van der Waals surface area contributed by atoms with Gasteiger partial charge in [-0.1, -0.05) is 6.92 Å². The van der Waals surface area contributed by atoms with Crippen LogP contribution in [-0.4, -0.2) is 26.3 Å². The first-order valence-corrected chi connectivity index (χ1v) is 7.33. The lowest BCUT2D eigenvalue weighted by atomic mass is 10.2.